The average Bonchev–Trinajstić information content (AvgIpc) is 3.06. The van der Waals surface area contributed by atoms with Gasteiger partial charge in [0.25, 0.3) is 5.91 Å². The smallest absolute Gasteiger partial charge is 0.315 e. The molecule has 5 atom stereocenters. The maximum atomic E-state index is 13.9. The number of carbonyl (C=O) groups excluding carboxylic acids is 5. The predicted octanol–water partition coefficient (Wildman–Crippen LogP) is 1.71. The zero-order valence-electron chi connectivity index (χ0n) is 23.6. The van der Waals surface area contributed by atoms with Crippen molar-refractivity contribution in [1.29, 1.82) is 0 Å². The topological polar surface area (TPSA) is 151 Å². The quantitative estimate of drug-likeness (QED) is 0.360. The number of amides is 5. The molecule has 0 aromatic heterocycles. The molecule has 3 rings (SSSR count). The third kappa shape index (κ3) is 6.26. The molecule has 0 bridgehead atoms. The summed E-state index contributed by atoms with van der Waals surface area (Å²) in [5, 5.41) is 8.44. The molecule has 37 heavy (non-hydrogen) atoms. The Labute approximate surface area is 220 Å². The Balaban J connectivity index is 1.83. The summed E-state index contributed by atoms with van der Waals surface area (Å²) in [7, 11) is 0. The van der Waals surface area contributed by atoms with Crippen molar-refractivity contribution in [3.8, 4) is 0 Å². The fraction of sp³-hybridized carbons (Fsp3) is 0.815. The Bertz CT molecular complexity index is 959. The molecule has 0 aromatic carbocycles. The van der Waals surface area contributed by atoms with Crippen LogP contribution in [-0.4, -0.2) is 64.6 Å². The Morgan fingerprint density at radius 2 is 1.59 bits per heavy atom. The molecule has 208 valence electrons. The van der Waals surface area contributed by atoms with Crippen LogP contribution in [0, 0.1) is 28.6 Å². The minimum atomic E-state index is -1.07. The molecule has 5 N–H and O–H groups in total. The summed E-state index contributed by atoms with van der Waals surface area (Å²) in [6, 6.07) is -3.13. The summed E-state index contributed by atoms with van der Waals surface area (Å²) in [5.41, 5.74) is 4.04. The van der Waals surface area contributed by atoms with E-state index in [9.17, 15) is 24.0 Å². The van der Waals surface area contributed by atoms with Crippen molar-refractivity contribution < 1.29 is 24.0 Å². The second-order valence-corrected chi connectivity index (χ2v) is 13.9. The highest BCUT2D eigenvalue weighted by molar-refractivity contribution is 6.37. The summed E-state index contributed by atoms with van der Waals surface area (Å²) < 4.78 is 0. The van der Waals surface area contributed by atoms with E-state index in [1.54, 1.807) is 4.90 Å². The van der Waals surface area contributed by atoms with Crippen LogP contribution < -0.4 is 21.7 Å². The molecule has 3 fully saturated rings. The zero-order chi connectivity index (χ0) is 28.1. The number of hydrogen-bond acceptors (Lipinski definition) is 5. The first-order chi connectivity index (χ1) is 16.8. The lowest BCUT2D eigenvalue weighted by Crippen LogP contribution is -2.62. The third-order valence-electron chi connectivity index (χ3n) is 8.31. The van der Waals surface area contributed by atoms with Crippen LogP contribution in [0.5, 0.6) is 0 Å². The first-order valence-electron chi connectivity index (χ1n) is 13.4. The minimum Gasteiger partial charge on any atom is -0.363 e. The van der Waals surface area contributed by atoms with Gasteiger partial charge < -0.3 is 26.6 Å². The number of urea groups is 1. The molecule has 1 aliphatic heterocycles. The maximum absolute atomic E-state index is 13.9. The molecule has 2 aliphatic carbocycles. The van der Waals surface area contributed by atoms with Gasteiger partial charge in [-0.2, -0.15) is 0 Å². The van der Waals surface area contributed by atoms with E-state index < -0.39 is 52.7 Å². The molecule has 1 saturated heterocycles. The van der Waals surface area contributed by atoms with Gasteiger partial charge in [-0.05, 0) is 55.8 Å². The van der Waals surface area contributed by atoms with Crippen molar-refractivity contribution in [3.63, 3.8) is 0 Å². The number of fused-ring (bicyclic) bond motifs is 1. The molecule has 0 aromatic rings. The predicted molar refractivity (Wildman–Crippen MR) is 139 cm³/mol. The van der Waals surface area contributed by atoms with Crippen LogP contribution in [0.15, 0.2) is 0 Å². The van der Waals surface area contributed by atoms with E-state index in [0.717, 1.165) is 19.3 Å². The summed E-state index contributed by atoms with van der Waals surface area (Å²) in [6.45, 7) is 15.7. The number of Topliss-reactive ketones (excluding diaryl/α,β-unsaturated/α-hetero) is 1. The maximum Gasteiger partial charge on any atom is 0.315 e. The highest BCUT2D eigenvalue weighted by Crippen LogP contribution is 2.65. The van der Waals surface area contributed by atoms with Gasteiger partial charge in [0, 0.05) is 12.1 Å². The lowest BCUT2D eigenvalue weighted by atomic mass is 9.80. The molecule has 10 nitrogen and oxygen atoms in total. The lowest BCUT2D eigenvalue weighted by Gasteiger charge is -2.38. The number of hydrogen-bond donors (Lipinski definition) is 4. The van der Waals surface area contributed by atoms with Crippen LogP contribution >= 0.6 is 0 Å². The summed E-state index contributed by atoms with van der Waals surface area (Å²) in [6.07, 6.45) is 3.31. The Morgan fingerprint density at radius 3 is 2.05 bits per heavy atom. The van der Waals surface area contributed by atoms with E-state index in [0.29, 0.717) is 13.0 Å². The van der Waals surface area contributed by atoms with Crippen LogP contribution in [0.4, 0.5) is 4.79 Å². The van der Waals surface area contributed by atoms with Gasteiger partial charge in [-0.3, -0.25) is 19.2 Å². The van der Waals surface area contributed by atoms with Gasteiger partial charge in [-0.25, -0.2) is 4.79 Å². The number of carbonyl (C=O) groups is 5. The number of nitrogens with one attached hydrogen (secondary N) is 3. The van der Waals surface area contributed by atoms with Crippen LogP contribution in [0.25, 0.3) is 0 Å². The van der Waals surface area contributed by atoms with E-state index in [1.165, 1.54) is 0 Å². The normalized spacial score (nSPS) is 26.3. The van der Waals surface area contributed by atoms with E-state index >= 15 is 0 Å². The second-order valence-electron chi connectivity index (χ2n) is 13.9. The average molecular weight is 520 g/mol. The molecular formula is C27H45N5O5. The van der Waals surface area contributed by atoms with Crippen LogP contribution in [0.1, 0.15) is 81.1 Å². The van der Waals surface area contributed by atoms with Gasteiger partial charge in [-0.15, -0.1) is 0 Å². The Kier molecular flexibility index (Phi) is 7.74. The highest BCUT2D eigenvalue weighted by Gasteiger charge is 2.70. The van der Waals surface area contributed by atoms with E-state index in [4.69, 9.17) is 5.73 Å². The number of rotatable bonds is 8. The van der Waals surface area contributed by atoms with Gasteiger partial charge >= 0.3 is 6.03 Å². The standard InChI is InChI=1S/C27H45N5O5/c1-25(2,3)20(30-24(37)31-26(4,5)6)23(36)32-13-15-17(27(15,7)8)18(32)22(35)29-16(19(33)21(28)34)12-14-10-9-11-14/h14-18,20H,9-13H2,1-8H3,(H2,28,34)(H,29,35)(H2,30,31,37)/t15?,16-,17-,18-,20+/m0/s1. The molecule has 0 spiro atoms. The Morgan fingerprint density at radius 1 is 1.00 bits per heavy atom. The molecule has 1 unspecified atom stereocenters. The molecule has 3 aliphatic rings. The van der Waals surface area contributed by atoms with Gasteiger partial charge in [0.1, 0.15) is 12.1 Å². The number of nitrogens with zero attached hydrogens (tertiary/aromatic N) is 1. The number of primary amides is 1. The lowest BCUT2D eigenvalue weighted by molar-refractivity contribution is -0.145. The number of likely N-dealkylation sites (tertiary alicyclic amines) is 1. The van der Waals surface area contributed by atoms with Crippen LogP contribution in [-0.2, 0) is 19.2 Å². The van der Waals surface area contributed by atoms with Crippen molar-refractivity contribution >= 4 is 29.5 Å². The van der Waals surface area contributed by atoms with Crippen molar-refractivity contribution in [3.05, 3.63) is 0 Å². The van der Waals surface area contributed by atoms with E-state index in [1.807, 2.05) is 41.5 Å². The molecule has 0 radical (unpaired) electrons. The van der Waals surface area contributed by atoms with E-state index in [-0.39, 0.29) is 29.1 Å². The number of nitrogens with two attached hydrogens (primary N) is 1. The van der Waals surface area contributed by atoms with Crippen molar-refractivity contribution in [2.24, 2.45) is 34.3 Å². The fourth-order valence-electron chi connectivity index (χ4n) is 5.86. The highest BCUT2D eigenvalue weighted by atomic mass is 16.2. The Hall–Kier alpha value is -2.65. The van der Waals surface area contributed by atoms with Crippen molar-refractivity contribution in [2.75, 3.05) is 6.54 Å². The SMILES string of the molecule is CC(C)(C)NC(=O)N[C@H](C(=O)N1CC2[C@@H]([C@H]1C(=O)N[C@@H](CC1CCC1)C(=O)C(N)=O)C2(C)C)C(C)(C)C. The van der Waals surface area contributed by atoms with Gasteiger partial charge in [0.2, 0.25) is 17.6 Å². The first kappa shape index (κ1) is 28.9. The molecule has 5 amide bonds. The largest absolute Gasteiger partial charge is 0.363 e. The number of ketones is 1. The second kappa shape index (κ2) is 9.91. The molecule has 2 saturated carbocycles. The van der Waals surface area contributed by atoms with Gasteiger partial charge in [-0.1, -0.05) is 53.9 Å². The van der Waals surface area contributed by atoms with Crippen LogP contribution in [0.2, 0.25) is 0 Å². The van der Waals surface area contributed by atoms with Crippen molar-refractivity contribution in [2.45, 2.75) is 105 Å². The van der Waals surface area contributed by atoms with Gasteiger partial charge in [0.15, 0.2) is 0 Å². The van der Waals surface area contributed by atoms with Gasteiger partial charge in [0.05, 0.1) is 6.04 Å². The zero-order valence-corrected chi connectivity index (χ0v) is 23.6. The summed E-state index contributed by atoms with van der Waals surface area (Å²) in [5.74, 6) is -2.35. The summed E-state index contributed by atoms with van der Waals surface area (Å²) >= 11 is 0. The molecule has 10 heteroatoms. The molecule has 1 heterocycles. The summed E-state index contributed by atoms with van der Waals surface area (Å²) in [4.78, 5) is 66.1. The van der Waals surface area contributed by atoms with Crippen molar-refractivity contribution in [1.82, 2.24) is 20.9 Å². The van der Waals surface area contributed by atoms with Crippen LogP contribution in [0.3, 0.4) is 0 Å². The molecular weight excluding hydrogens is 474 g/mol. The number of piperidine rings is 1. The monoisotopic (exact) mass is 519 g/mol. The van der Waals surface area contributed by atoms with E-state index in [2.05, 4.69) is 29.8 Å². The third-order valence-corrected chi connectivity index (χ3v) is 8.31. The fourth-order valence-corrected chi connectivity index (χ4v) is 5.86. The first-order valence-corrected chi connectivity index (χ1v) is 13.4. The minimum absolute atomic E-state index is 0.0755.